The Kier molecular flexibility index (Phi) is 7.13. The summed E-state index contributed by atoms with van der Waals surface area (Å²) in [6.07, 6.45) is 2.03. The smallest absolute Gasteiger partial charge is 0.492 e. The molecule has 0 unspecified atom stereocenters. The Hall–Kier alpha value is -2.61. The van der Waals surface area contributed by atoms with Gasteiger partial charge >= 0.3 is 15.5 Å². The summed E-state index contributed by atoms with van der Waals surface area (Å²) in [6, 6.07) is 4.61. The van der Waals surface area contributed by atoms with Gasteiger partial charge in [-0.25, -0.2) is 13.4 Å². The van der Waals surface area contributed by atoms with E-state index in [0.717, 1.165) is 0 Å². The van der Waals surface area contributed by atoms with Crippen LogP contribution in [0.15, 0.2) is 12.3 Å². The largest absolute Gasteiger partial charge is 0.511 e. The minimum atomic E-state index is -5.64. The summed E-state index contributed by atoms with van der Waals surface area (Å²) in [7, 11) is -5.64. The van der Waals surface area contributed by atoms with Gasteiger partial charge in [-0.3, -0.25) is 4.79 Å². The second kappa shape index (κ2) is 9.04. The monoisotopic (exact) mass is 465 g/mol. The van der Waals surface area contributed by atoms with Crippen LogP contribution in [-0.2, 0) is 10.0 Å². The Morgan fingerprint density at radius 1 is 1.40 bits per heavy atom. The number of carbonyl (C=O) groups excluding carboxylic acids is 1. The van der Waals surface area contributed by atoms with Crippen molar-refractivity contribution < 1.29 is 31.1 Å². The number of hydrogen-bond donors (Lipinski definition) is 1. The van der Waals surface area contributed by atoms with Crippen LogP contribution in [0.3, 0.4) is 0 Å². The highest BCUT2D eigenvalue weighted by atomic mass is 35.5. The molecule has 1 saturated carbocycles. The third-order valence-electron chi connectivity index (χ3n) is 4.08. The molecule has 1 aromatic heterocycles. The molecule has 0 aliphatic heterocycles. The van der Waals surface area contributed by atoms with Gasteiger partial charge in [0.1, 0.15) is 23.0 Å². The normalized spacial score (nSPS) is 15.2. The van der Waals surface area contributed by atoms with Crippen molar-refractivity contribution in [3.8, 4) is 17.9 Å². The zero-order valence-corrected chi connectivity index (χ0v) is 16.8. The Morgan fingerprint density at radius 2 is 2.07 bits per heavy atom. The van der Waals surface area contributed by atoms with Crippen LogP contribution < -0.4 is 10.1 Å². The summed E-state index contributed by atoms with van der Waals surface area (Å²) in [4.78, 5) is 16.1. The molecule has 1 aromatic rings. The molecule has 1 amide bonds. The first-order valence-corrected chi connectivity index (χ1v) is 10.2. The molecule has 9 nitrogen and oxygen atoms in total. The summed E-state index contributed by atoms with van der Waals surface area (Å²) in [5, 5.41) is 20.0. The highest BCUT2D eigenvalue weighted by Gasteiger charge is 2.49. The van der Waals surface area contributed by atoms with Crippen LogP contribution in [0.5, 0.6) is 5.75 Å². The first-order chi connectivity index (χ1) is 14.0. The molecule has 1 N–H and O–H groups in total. The number of hydrogen-bond acceptors (Lipinski definition) is 7. The first-order valence-electron chi connectivity index (χ1n) is 8.41. The van der Waals surface area contributed by atoms with E-state index in [1.54, 1.807) is 0 Å². The number of amides is 1. The van der Waals surface area contributed by atoms with Crippen molar-refractivity contribution in [3.63, 3.8) is 0 Å². The summed E-state index contributed by atoms with van der Waals surface area (Å²) in [6.45, 7) is -1.79. The highest BCUT2D eigenvalue weighted by Crippen LogP contribution is 2.35. The molecule has 0 spiro atoms. The van der Waals surface area contributed by atoms with Gasteiger partial charge in [0.25, 0.3) is 5.91 Å². The standard InChI is InChI=1S/C16H15ClF3N5O4S/c17-13-12(14(26)24-15(10-22)2-3-15)8-11(9-23-13)29-7-1-5-25(6-4-21)30(27,28)16(18,19)20/h8-9H,1-3,5-7H2,(H,24,26). The van der Waals surface area contributed by atoms with Crippen LogP contribution in [0.4, 0.5) is 13.2 Å². The second-order valence-corrected chi connectivity index (χ2v) is 8.59. The number of pyridine rings is 1. The SMILES string of the molecule is N#CCN(CCCOc1cnc(Cl)c(C(=O)NC2(C#N)CC2)c1)S(=O)(=O)C(F)(F)F. The lowest BCUT2D eigenvalue weighted by molar-refractivity contribution is -0.0486. The van der Waals surface area contributed by atoms with E-state index in [4.69, 9.17) is 26.9 Å². The summed E-state index contributed by atoms with van der Waals surface area (Å²) in [5.41, 5.74) is -6.50. The number of rotatable bonds is 9. The molecule has 1 aliphatic rings. The minimum absolute atomic E-state index is 0.00627. The van der Waals surface area contributed by atoms with Gasteiger partial charge in [-0.1, -0.05) is 11.6 Å². The van der Waals surface area contributed by atoms with Crippen LogP contribution in [0.25, 0.3) is 0 Å². The van der Waals surface area contributed by atoms with Gasteiger partial charge in [-0.15, -0.1) is 0 Å². The average Bonchev–Trinajstić information content (AvgIpc) is 3.44. The number of nitrogens with zero attached hydrogens (tertiary/aromatic N) is 4. The van der Waals surface area contributed by atoms with Crippen LogP contribution in [-0.4, -0.2) is 54.4 Å². The predicted molar refractivity (Wildman–Crippen MR) is 96.6 cm³/mol. The van der Waals surface area contributed by atoms with Crippen LogP contribution >= 0.6 is 11.6 Å². The molecule has 1 heterocycles. The lowest BCUT2D eigenvalue weighted by Crippen LogP contribution is -2.41. The molecule has 0 aromatic carbocycles. The quantitative estimate of drug-likeness (QED) is 0.334. The fourth-order valence-electron chi connectivity index (χ4n) is 2.28. The van der Waals surface area contributed by atoms with Crippen LogP contribution in [0.2, 0.25) is 5.15 Å². The molecule has 30 heavy (non-hydrogen) atoms. The fourth-order valence-corrected chi connectivity index (χ4v) is 3.36. The van der Waals surface area contributed by atoms with E-state index in [9.17, 15) is 26.4 Å². The van der Waals surface area contributed by atoms with Crippen molar-refractivity contribution in [1.29, 1.82) is 10.5 Å². The van der Waals surface area contributed by atoms with Gasteiger partial charge in [0.2, 0.25) is 0 Å². The summed E-state index contributed by atoms with van der Waals surface area (Å²) >= 11 is 5.89. The fraction of sp³-hybridized carbons (Fsp3) is 0.500. The lowest BCUT2D eigenvalue weighted by atomic mass is 10.2. The molecule has 0 saturated heterocycles. The molecule has 0 radical (unpaired) electrons. The molecule has 14 heteroatoms. The summed E-state index contributed by atoms with van der Waals surface area (Å²) in [5.74, 6) is -0.565. The maximum absolute atomic E-state index is 12.6. The lowest BCUT2D eigenvalue weighted by Gasteiger charge is -2.20. The van der Waals surface area contributed by atoms with E-state index in [2.05, 4.69) is 10.3 Å². The molecular weight excluding hydrogens is 451 g/mol. The Bertz CT molecular complexity index is 1000. The Labute approximate surface area is 175 Å². The van der Waals surface area contributed by atoms with E-state index < -0.39 is 40.1 Å². The maximum atomic E-state index is 12.6. The van der Waals surface area contributed by atoms with Crippen molar-refractivity contribution >= 4 is 27.5 Å². The molecule has 162 valence electrons. The Balaban J connectivity index is 1.97. The topological polar surface area (TPSA) is 136 Å². The highest BCUT2D eigenvalue weighted by molar-refractivity contribution is 7.90. The number of nitrogens with one attached hydrogen (secondary N) is 1. The third kappa shape index (κ3) is 5.50. The molecule has 2 rings (SSSR count). The number of halogens is 4. The van der Waals surface area contributed by atoms with E-state index in [1.165, 1.54) is 18.3 Å². The Morgan fingerprint density at radius 3 is 2.60 bits per heavy atom. The number of ether oxygens (including phenoxy) is 1. The first kappa shape index (κ1) is 23.7. The molecule has 1 fully saturated rings. The van der Waals surface area contributed by atoms with Gasteiger partial charge in [0.05, 0.1) is 30.5 Å². The van der Waals surface area contributed by atoms with Crippen molar-refractivity contribution in [2.45, 2.75) is 30.3 Å². The minimum Gasteiger partial charge on any atom is -0.492 e. The van der Waals surface area contributed by atoms with Crippen LogP contribution in [0.1, 0.15) is 29.6 Å². The van der Waals surface area contributed by atoms with Crippen molar-refractivity contribution in [2.24, 2.45) is 0 Å². The zero-order chi connectivity index (χ0) is 22.6. The van der Waals surface area contributed by atoms with Gasteiger partial charge in [-0.05, 0) is 25.3 Å². The average molecular weight is 466 g/mol. The van der Waals surface area contributed by atoms with Gasteiger partial charge in [-0.2, -0.15) is 28.0 Å². The van der Waals surface area contributed by atoms with Crippen molar-refractivity contribution in [1.82, 2.24) is 14.6 Å². The number of nitriles is 2. The van der Waals surface area contributed by atoms with Crippen molar-refractivity contribution in [2.75, 3.05) is 19.7 Å². The van der Waals surface area contributed by atoms with Crippen LogP contribution in [0, 0.1) is 22.7 Å². The van der Waals surface area contributed by atoms with Gasteiger partial charge in [0.15, 0.2) is 0 Å². The van der Waals surface area contributed by atoms with Gasteiger partial charge in [0, 0.05) is 6.54 Å². The van der Waals surface area contributed by atoms with Crippen molar-refractivity contribution in [3.05, 3.63) is 23.0 Å². The van der Waals surface area contributed by atoms with E-state index in [1.807, 2.05) is 6.07 Å². The van der Waals surface area contributed by atoms with E-state index in [0.29, 0.717) is 12.8 Å². The summed E-state index contributed by atoms with van der Waals surface area (Å²) < 4.78 is 66.1. The van der Waals surface area contributed by atoms with E-state index in [-0.39, 0.29) is 33.8 Å². The number of alkyl halides is 3. The number of aromatic nitrogens is 1. The van der Waals surface area contributed by atoms with Gasteiger partial charge < -0.3 is 10.1 Å². The molecule has 0 atom stereocenters. The van der Waals surface area contributed by atoms with E-state index >= 15 is 0 Å². The third-order valence-corrected chi connectivity index (χ3v) is 5.95. The predicted octanol–water partition coefficient (Wildman–Crippen LogP) is 1.97. The number of sulfonamides is 1. The molecule has 1 aliphatic carbocycles. The molecule has 0 bridgehead atoms. The molecular formula is C16H15ClF3N5O4S. The second-order valence-electron chi connectivity index (χ2n) is 6.30. The zero-order valence-electron chi connectivity index (χ0n) is 15.2. The maximum Gasteiger partial charge on any atom is 0.511 e. The number of carbonyl (C=O) groups is 1.